The van der Waals surface area contributed by atoms with Crippen LogP contribution in [0.3, 0.4) is 0 Å². The van der Waals surface area contributed by atoms with Crippen LogP contribution in [-0.4, -0.2) is 35.6 Å². The summed E-state index contributed by atoms with van der Waals surface area (Å²) < 4.78 is 33.2. The number of aliphatic hydroxyl groups excluding tert-OH is 1. The van der Waals surface area contributed by atoms with E-state index in [0.717, 1.165) is 30.2 Å². The molecule has 0 aliphatic rings. The van der Waals surface area contributed by atoms with Crippen LogP contribution in [0.25, 0.3) is 0 Å². The Morgan fingerprint density at radius 1 is 0.878 bits per heavy atom. The molecule has 2 atom stereocenters. The lowest BCUT2D eigenvalue weighted by Gasteiger charge is -2.25. The minimum absolute atomic E-state index is 0.0330. The minimum atomic E-state index is -1.10. The molecule has 0 fully saturated rings. The van der Waals surface area contributed by atoms with E-state index >= 15 is 0 Å². The Balaban J connectivity index is 1.50. The largest absolute Gasteiger partial charge is 0.456 e. The fourth-order valence-corrected chi connectivity index (χ4v) is 4.51. The quantitative estimate of drug-likeness (QED) is 0.191. The molecule has 2 amide bonds. The molecule has 1 heterocycles. The third-order valence-electron chi connectivity index (χ3n) is 6.63. The predicted octanol–water partition coefficient (Wildman–Crippen LogP) is 5.17. The molecule has 0 unspecified atom stereocenters. The summed E-state index contributed by atoms with van der Waals surface area (Å²) in [5, 5.41) is 19.8. The SMILES string of the molecule is CCc1cccc(CNC[C@@H](O)[C@H](Cc2cc(F)cc(F)c2)NC(=O)c2ccccc2NC(=O)c2ccc(C)o2)c1. The number of aliphatic hydroxyl groups is 1. The second kappa shape index (κ2) is 13.8. The van der Waals surface area contributed by atoms with Crippen LogP contribution >= 0.6 is 0 Å². The van der Waals surface area contributed by atoms with Gasteiger partial charge in [0.25, 0.3) is 11.8 Å². The predicted molar refractivity (Wildman–Crippen MR) is 153 cm³/mol. The second-order valence-corrected chi connectivity index (χ2v) is 9.84. The molecule has 0 saturated heterocycles. The summed E-state index contributed by atoms with van der Waals surface area (Å²) in [5.41, 5.74) is 2.90. The minimum Gasteiger partial charge on any atom is -0.456 e. The number of para-hydroxylation sites is 1. The Kier molecular flexibility index (Phi) is 10.00. The van der Waals surface area contributed by atoms with Gasteiger partial charge in [-0.1, -0.05) is 43.3 Å². The molecule has 1 aromatic heterocycles. The molecule has 9 heteroatoms. The lowest BCUT2D eigenvalue weighted by atomic mass is 9.99. The van der Waals surface area contributed by atoms with Crippen LogP contribution in [0.1, 0.15) is 50.3 Å². The number of amides is 2. The monoisotopic (exact) mass is 561 g/mol. The van der Waals surface area contributed by atoms with E-state index in [2.05, 4.69) is 28.9 Å². The Morgan fingerprint density at radius 2 is 1.61 bits per heavy atom. The normalized spacial score (nSPS) is 12.5. The van der Waals surface area contributed by atoms with Crippen LogP contribution in [0.5, 0.6) is 0 Å². The van der Waals surface area contributed by atoms with E-state index in [9.17, 15) is 23.5 Å². The van der Waals surface area contributed by atoms with E-state index in [1.807, 2.05) is 18.2 Å². The summed E-state index contributed by atoms with van der Waals surface area (Å²) in [5.74, 6) is -1.95. The highest BCUT2D eigenvalue weighted by Crippen LogP contribution is 2.19. The summed E-state index contributed by atoms with van der Waals surface area (Å²) in [6.07, 6.45) is -0.236. The van der Waals surface area contributed by atoms with Gasteiger partial charge in [0.1, 0.15) is 17.4 Å². The third-order valence-corrected chi connectivity index (χ3v) is 6.63. The number of halogens is 2. The second-order valence-electron chi connectivity index (χ2n) is 9.84. The molecule has 41 heavy (non-hydrogen) atoms. The molecular formula is C32H33F2N3O4. The maximum atomic E-state index is 13.9. The van der Waals surface area contributed by atoms with Gasteiger partial charge in [-0.15, -0.1) is 0 Å². The summed E-state index contributed by atoms with van der Waals surface area (Å²) in [7, 11) is 0. The average molecular weight is 562 g/mol. The molecule has 0 spiro atoms. The number of benzene rings is 3. The van der Waals surface area contributed by atoms with Gasteiger partial charge in [-0.05, 0) is 72.9 Å². The number of carbonyl (C=O) groups is 2. The number of furan rings is 1. The standard InChI is InChI=1S/C32H33F2N3O4/c1-3-21-7-6-8-22(13-21)18-35-19-29(38)28(16-23-14-24(33)17-25(34)15-23)37-31(39)26-9-4-5-10-27(26)36-32(40)30-12-11-20(2)41-30/h4-15,17,28-29,35,38H,3,16,18-19H2,1-2H3,(H,36,40)(H,37,39)/t28-,29+/m0/s1. The van der Waals surface area contributed by atoms with Crippen molar-refractivity contribution in [1.82, 2.24) is 10.6 Å². The Bertz CT molecular complexity index is 1480. The van der Waals surface area contributed by atoms with E-state index in [0.29, 0.717) is 12.3 Å². The van der Waals surface area contributed by atoms with Crippen molar-refractivity contribution in [3.63, 3.8) is 0 Å². The highest BCUT2D eigenvalue weighted by atomic mass is 19.1. The first kappa shape index (κ1) is 29.6. The summed E-state index contributed by atoms with van der Waals surface area (Å²) in [6.45, 7) is 4.38. The third kappa shape index (κ3) is 8.33. The van der Waals surface area contributed by atoms with Crippen molar-refractivity contribution in [3.05, 3.63) is 124 Å². The number of nitrogens with one attached hydrogen (secondary N) is 3. The van der Waals surface area contributed by atoms with Crippen LogP contribution in [0.15, 0.2) is 83.3 Å². The van der Waals surface area contributed by atoms with Gasteiger partial charge in [0.15, 0.2) is 5.76 Å². The van der Waals surface area contributed by atoms with Gasteiger partial charge in [0, 0.05) is 19.2 Å². The van der Waals surface area contributed by atoms with Crippen LogP contribution in [0, 0.1) is 18.6 Å². The number of aryl methyl sites for hydroxylation is 2. The summed E-state index contributed by atoms with van der Waals surface area (Å²) in [6, 6.07) is 19.8. The molecule has 0 saturated carbocycles. The van der Waals surface area contributed by atoms with Crippen LogP contribution in [0.4, 0.5) is 14.5 Å². The Hall–Kier alpha value is -4.34. The van der Waals surface area contributed by atoms with E-state index in [1.165, 1.54) is 17.7 Å². The van der Waals surface area contributed by atoms with Crippen LogP contribution in [-0.2, 0) is 19.4 Å². The van der Waals surface area contributed by atoms with Gasteiger partial charge in [0.2, 0.25) is 0 Å². The zero-order valence-electron chi connectivity index (χ0n) is 22.9. The van der Waals surface area contributed by atoms with Crippen molar-refractivity contribution in [2.75, 3.05) is 11.9 Å². The number of hydrogen-bond donors (Lipinski definition) is 4. The Labute approximate surface area is 237 Å². The fourth-order valence-electron chi connectivity index (χ4n) is 4.51. The molecule has 0 bridgehead atoms. The first-order valence-electron chi connectivity index (χ1n) is 13.4. The maximum absolute atomic E-state index is 13.9. The first-order valence-corrected chi connectivity index (χ1v) is 13.4. The van der Waals surface area contributed by atoms with E-state index in [1.54, 1.807) is 31.2 Å². The van der Waals surface area contributed by atoms with Crippen molar-refractivity contribution in [3.8, 4) is 0 Å². The highest BCUT2D eigenvalue weighted by molar-refractivity contribution is 6.08. The van der Waals surface area contributed by atoms with E-state index in [-0.39, 0.29) is 35.5 Å². The molecule has 4 aromatic rings. The molecule has 0 aliphatic carbocycles. The molecule has 0 aliphatic heterocycles. The Morgan fingerprint density at radius 3 is 2.32 bits per heavy atom. The van der Waals surface area contributed by atoms with E-state index in [4.69, 9.17) is 4.42 Å². The van der Waals surface area contributed by atoms with Gasteiger partial charge in [0.05, 0.1) is 23.4 Å². The number of anilines is 1. The summed E-state index contributed by atoms with van der Waals surface area (Å²) >= 11 is 0. The van der Waals surface area contributed by atoms with Gasteiger partial charge < -0.3 is 25.5 Å². The molecule has 214 valence electrons. The van der Waals surface area contributed by atoms with Crippen molar-refractivity contribution >= 4 is 17.5 Å². The van der Waals surface area contributed by atoms with Crippen molar-refractivity contribution in [1.29, 1.82) is 0 Å². The van der Waals surface area contributed by atoms with Crippen molar-refractivity contribution in [2.24, 2.45) is 0 Å². The highest BCUT2D eigenvalue weighted by Gasteiger charge is 2.25. The zero-order valence-corrected chi connectivity index (χ0v) is 22.9. The molecule has 3 aromatic carbocycles. The van der Waals surface area contributed by atoms with Gasteiger partial charge in [-0.2, -0.15) is 0 Å². The fraction of sp³-hybridized carbons (Fsp3) is 0.250. The van der Waals surface area contributed by atoms with Crippen LogP contribution < -0.4 is 16.0 Å². The molecular weight excluding hydrogens is 528 g/mol. The first-order chi connectivity index (χ1) is 19.7. The van der Waals surface area contributed by atoms with Crippen LogP contribution in [0.2, 0.25) is 0 Å². The zero-order chi connectivity index (χ0) is 29.4. The topological polar surface area (TPSA) is 104 Å². The molecule has 0 radical (unpaired) electrons. The van der Waals surface area contributed by atoms with E-state index < -0.39 is 35.6 Å². The molecule has 4 rings (SSSR count). The van der Waals surface area contributed by atoms with Crippen molar-refractivity contribution in [2.45, 2.75) is 45.4 Å². The van der Waals surface area contributed by atoms with Gasteiger partial charge in [-0.25, -0.2) is 8.78 Å². The molecule has 7 nitrogen and oxygen atoms in total. The maximum Gasteiger partial charge on any atom is 0.291 e. The van der Waals surface area contributed by atoms with Gasteiger partial charge >= 0.3 is 0 Å². The summed E-state index contributed by atoms with van der Waals surface area (Å²) in [4.78, 5) is 26.1. The average Bonchev–Trinajstić information content (AvgIpc) is 3.39. The number of hydrogen-bond acceptors (Lipinski definition) is 5. The number of rotatable bonds is 12. The lowest BCUT2D eigenvalue weighted by Crippen LogP contribution is -2.48. The lowest BCUT2D eigenvalue weighted by molar-refractivity contribution is 0.0830. The molecule has 4 N–H and O–H groups in total. The van der Waals surface area contributed by atoms with Gasteiger partial charge in [-0.3, -0.25) is 9.59 Å². The van der Waals surface area contributed by atoms with Crippen molar-refractivity contribution < 1.29 is 27.9 Å². The smallest absolute Gasteiger partial charge is 0.291 e. The number of carbonyl (C=O) groups excluding carboxylic acids is 2.